The average Bonchev–Trinajstić information content (AvgIpc) is 2.35. The second kappa shape index (κ2) is 6.25. The van der Waals surface area contributed by atoms with Gasteiger partial charge < -0.3 is 11.1 Å². The molecule has 0 aliphatic heterocycles. The van der Waals surface area contributed by atoms with E-state index in [0.717, 1.165) is 25.7 Å². The van der Waals surface area contributed by atoms with Crippen LogP contribution in [-0.4, -0.2) is 18.0 Å². The molecule has 0 aromatic carbocycles. The van der Waals surface area contributed by atoms with Gasteiger partial charge in [0, 0.05) is 18.5 Å². The molecule has 2 aliphatic carbocycles. The van der Waals surface area contributed by atoms with Crippen molar-refractivity contribution in [1.82, 2.24) is 5.32 Å². The smallest absolute Gasteiger partial charge is 0.220 e. The van der Waals surface area contributed by atoms with Gasteiger partial charge in [-0.1, -0.05) is 26.7 Å². The molecule has 0 bridgehead atoms. The predicted octanol–water partition coefficient (Wildman–Crippen LogP) is 2.98. The van der Waals surface area contributed by atoms with Gasteiger partial charge in [0.2, 0.25) is 5.91 Å². The van der Waals surface area contributed by atoms with Crippen LogP contribution in [0.1, 0.15) is 71.6 Å². The van der Waals surface area contributed by atoms with Crippen LogP contribution in [0.2, 0.25) is 0 Å². The van der Waals surface area contributed by atoms with Crippen LogP contribution in [-0.2, 0) is 4.79 Å². The number of hydrogen-bond acceptors (Lipinski definition) is 2. The topological polar surface area (TPSA) is 55.1 Å². The maximum atomic E-state index is 12.1. The van der Waals surface area contributed by atoms with Crippen LogP contribution in [0.3, 0.4) is 0 Å². The summed E-state index contributed by atoms with van der Waals surface area (Å²) in [5.41, 5.74) is 6.58. The Balaban J connectivity index is 1.72. The van der Waals surface area contributed by atoms with E-state index in [1.807, 2.05) is 0 Å². The quantitative estimate of drug-likeness (QED) is 0.825. The van der Waals surface area contributed by atoms with E-state index in [-0.39, 0.29) is 11.9 Å². The van der Waals surface area contributed by atoms with Crippen LogP contribution in [0, 0.1) is 11.3 Å². The van der Waals surface area contributed by atoms with Crippen molar-refractivity contribution in [2.75, 3.05) is 0 Å². The number of hydrogen-bond donors (Lipinski definition) is 2. The molecular weight excluding hydrogens is 236 g/mol. The number of nitrogens with one attached hydrogen (secondary N) is 1. The summed E-state index contributed by atoms with van der Waals surface area (Å²) in [4.78, 5) is 12.1. The monoisotopic (exact) mass is 266 g/mol. The molecule has 0 heterocycles. The third-order valence-electron chi connectivity index (χ3n) is 5.12. The number of carbonyl (C=O) groups is 1. The summed E-state index contributed by atoms with van der Waals surface area (Å²) in [5, 5.41) is 3.23. The average molecular weight is 266 g/mol. The van der Waals surface area contributed by atoms with E-state index in [9.17, 15) is 4.79 Å². The molecular formula is C16H30N2O. The highest BCUT2D eigenvalue weighted by molar-refractivity contribution is 5.76. The molecule has 2 aliphatic rings. The number of rotatable bonds is 3. The molecule has 3 nitrogen and oxygen atoms in total. The minimum atomic E-state index is 0.229. The van der Waals surface area contributed by atoms with Crippen molar-refractivity contribution < 1.29 is 4.79 Å². The summed E-state index contributed by atoms with van der Waals surface area (Å²) in [6, 6.07) is 0.644. The van der Waals surface area contributed by atoms with Crippen LogP contribution in [0.4, 0.5) is 0 Å². The van der Waals surface area contributed by atoms with Crippen molar-refractivity contribution in [1.29, 1.82) is 0 Å². The molecule has 0 aromatic heterocycles. The Hall–Kier alpha value is -0.570. The van der Waals surface area contributed by atoms with Gasteiger partial charge in [0.05, 0.1) is 0 Å². The zero-order valence-electron chi connectivity index (χ0n) is 12.6. The highest BCUT2D eigenvalue weighted by Crippen LogP contribution is 2.35. The summed E-state index contributed by atoms with van der Waals surface area (Å²) in [6.45, 7) is 4.65. The molecule has 0 spiro atoms. The highest BCUT2D eigenvalue weighted by Gasteiger charge is 2.29. The van der Waals surface area contributed by atoms with Gasteiger partial charge in [0.25, 0.3) is 0 Å². The van der Waals surface area contributed by atoms with Crippen LogP contribution < -0.4 is 11.1 Å². The zero-order chi connectivity index (χ0) is 13.9. The number of nitrogens with two attached hydrogens (primary N) is 1. The number of carbonyl (C=O) groups excluding carboxylic acids is 1. The van der Waals surface area contributed by atoms with E-state index in [2.05, 4.69) is 19.2 Å². The lowest BCUT2D eigenvalue weighted by atomic mass is 9.75. The molecule has 2 atom stereocenters. The van der Waals surface area contributed by atoms with E-state index >= 15 is 0 Å². The maximum Gasteiger partial charge on any atom is 0.220 e. The first-order valence-corrected chi connectivity index (χ1v) is 8.01. The largest absolute Gasteiger partial charge is 0.353 e. The van der Waals surface area contributed by atoms with Crippen LogP contribution in [0.25, 0.3) is 0 Å². The Morgan fingerprint density at radius 1 is 1.16 bits per heavy atom. The van der Waals surface area contributed by atoms with Crippen molar-refractivity contribution in [3.8, 4) is 0 Å². The second-order valence-electron chi connectivity index (χ2n) is 7.42. The van der Waals surface area contributed by atoms with Crippen molar-refractivity contribution in [2.24, 2.45) is 17.1 Å². The normalized spacial score (nSPS) is 31.9. The van der Waals surface area contributed by atoms with E-state index in [0.29, 0.717) is 23.8 Å². The van der Waals surface area contributed by atoms with Gasteiger partial charge in [-0.2, -0.15) is 0 Å². The summed E-state index contributed by atoms with van der Waals surface area (Å²) in [5.74, 6) is 0.640. The van der Waals surface area contributed by atoms with Gasteiger partial charge >= 0.3 is 0 Å². The number of amides is 1. The van der Waals surface area contributed by atoms with Gasteiger partial charge in [0.15, 0.2) is 0 Å². The molecule has 3 heteroatoms. The molecule has 110 valence electrons. The SMILES string of the molecule is CC1(C)CCC(NC(=O)CC2CCCCC2N)CC1. The Labute approximate surface area is 117 Å². The molecule has 2 saturated carbocycles. The predicted molar refractivity (Wildman–Crippen MR) is 78.7 cm³/mol. The highest BCUT2D eigenvalue weighted by atomic mass is 16.1. The summed E-state index contributed by atoms with van der Waals surface area (Å²) in [6.07, 6.45) is 10.1. The first-order valence-electron chi connectivity index (χ1n) is 8.01. The van der Waals surface area contributed by atoms with Gasteiger partial charge in [-0.15, -0.1) is 0 Å². The molecule has 2 rings (SSSR count). The van der Waals surface area contributed by atoms with Crippen LogP contribution >= 0.6 is 0 Å². The molecule has 3 N–H and O–H groups in total. The third kappa shape index (κ3) is 4.48. The van der Waals surface area contributed by atoms with Crippen molar-refractivity contribution >= 4 is 5.91 Å². The Kier molecular flexibility index (Phi) is 4.88. The molecule has 19 heavy (non-hydrogen) atoms. The molecule has 1 amide bonds. The maximum absolute atomic E-state index is 12.1. The summed E-state index contributed by atoms with van der Waals surface area (Å²) in [7, 11) is 0. The standard InChI is InChI=1S/C16H30N2O/c1-16(2)9-7-13(8-10-16)18-15(19)11-12-5-3-4-6-14(12)17/h12-14H,3-11,17H2,1-2H3,(H,18,19). The first-order chi connectivity index (χ1) is 8.96. The van der Waals surface area contributed by atoms with Crippen molar-refractivity contribution in [2.45, 2.75) is 83.7 Å². The Morgan fingerprint density at radius 3 is 2.42 bits per heavy atom. The summed E-state index contributed by atoms with van der Waals surface area (Å²) < 4.78 is 0. The minimum absolute atomic E-state index is 0.229. The van der Waals surface area contributed by atoms with Crippen molar-refractivity contribution in [3.05, 3.63) is 0 Å². The lowest BCUT2D eigenvalue weighted by Crippen LogP contribution is -2.42. The zero-order valence-corrected chi connectivity index (χ0v) is 12.6. The van der Waals surface area contributed by atoms with Crippen LogP contribution in [0.5, 0.6) is 0 Å². The minimum Gasteiger partial charge on any atom is -0.353 e. The fourth-order valence-corrected chi connectivity index (χ4v) is 3.56. The summed E-state index contributed by atoms with van der Waals surface area (Å²) >= 11 is 0. The third-order valence-corrected chi connectivity index (χ3v) is 5.12. The molecule has 2 fully saturated rings. The van der Waals surface area contributed by atoms with Gasteiger partial charge in [-0.25, -0.2) is 0 Å². The van der Waals surface area contributed by atoms with E-state index in [1.54, 1.807) is 0 Å². The van der Waals surface area contributed by atoms with E-state index in [1.165, 1.54) is 25.7 Å². The van der Waals surface area contributed by atoms with Crippen molar-refractivity contribution in [3.63, 3.8) is 0 Å². The van der Waals surface area contributed by atoms with E-state index < -0.39 is 0 Å². The van der Waals surface area contributed by atoms with E-state index in [4.69, 9.17) is 5.73 Å². The fraction of sp³-hybridized carbons (Fsp3) is 0.938. The molecule has 0 aromatic rings. The second-order valence-corrected chi connectivity index (χ2v) is 7.42. The fourth-order valence-electron chi connectivity index (χ4n) is 3.56. The molecule has 0 saturated heterocycles. The molecule has 2 unspecified atom stereocenters. The van der Waals surface area contributed by atoms with Crippen LogP contribution in [0.15, 0.2) is 0 Å². The van der Waals surface area contributed by atoms with Gasteiger partial charge in [-0.05, 0) is 49.9 Å². The Bertz CT molecular complexity index is 304. The first kappa shape index (κ1) is 14.8. The van der Waals surface area contributed by atoms with Gasteiger partial charge in [0.1, 0.15) is 0 Å². The van der Waals surface area contributed by atoms with Gasteiger partial charge in [-0.3, -0.25) is 4.79 Å². The molecule has 0 radical (unpaired) electrons. The Morgan fingerprint density at radius 2 is 1.79 bits per heavy atom. The lowest BCUT2D eigenvalue weighted by Gasteiger charge is -2.35. The lowest BCUT2D eigenvalue weighted by molar-refractivity contribution is -0.123.